The van der Waals surface area contributed by atoms with Gasteiger partial charge in [0.25, 0.3) is 0 Å². The molecule has 138 valence electrons. The first kappa shape index (κ1) is 18.3. The van der Waals surface area contributed by atoms with Gasteiger partial charge >= 0.3 is 6.03 Å². The van der Waals surface area contributed by atoms with Crippen molar-refractivity contribution in [2.75, 3.05) is 44.2 Å². The van der Waals surface area contributed by atoms with Crippen molar-refractivity contribution >= 4 is 23.3 Å². The molecule has 0 aliphatic carbocycles. The fourth-order valence-electron chi connectivity index (χ4n) is 2.81. The molecular formula is C19H21ClFN3O2. The Labute approximate surface area is 157 Å². The highest BCUT2D eigenvalue weighted by molar-refractivity contribution is 6.32. The zero-order valence-electron chi connectivity index (χ0n) is 14.3. The Morgan fingerprint density at radius 2 is 1.77 bits per heavy atom. The van der Waals surface area contributed by atoms with Crippen LogP contribution in [0.15, 0.2) is 48.5 Å². The first-order valence-corrected chi connectivity index (χ1v) is 8.92. The SMILES string of the molecule is O=C(NCCOc1ccccc1Cl)N1CCN(c2ccc(F)cc2)CC1. The summed E-state index contributed by atoms with van der Waals surface area (Å²) in [6.45, 7) is 3.43. The largest absolute Gasteiger partial charge is 0.490 e. The number of urea groups is 1. The minimum atomic E-state index is -0.245. The summed E-state index contributed by atoms with van der Waals surface area (Å²) in [5.74, 6) is 0.363. The molecule has 0 aromatic heterocycles. The monoisotopic (exact) mass is 377 g/mol. The van der Waals surface area contributed by atoms with E-state index >= 15 is 0 Å². The summed E-state index contributed by atoms with van der Waals surface area (Å²) < 4.78 is 18.6. The second-order valence-corrected chi connectivity index (χ2v) is 6.37. The van der Waals surface area contributed by atoms with Crippen molar-refractivity contribution < 1.29 is 13.9 Å². The highest BCUT2D eigenvalue weighted by atomic mass is 35.5. The van der Waals surface area contributed by atoms with E-state index in [1.54, 1.807) is 29.2 Å². The number of hydrogen-bond acceptors (Lipinski definition) is 3. The second-order valence-electron chi connectivity index (χ2n) is 5.96. The van der Waals surface area contributed by atoms with Crippen molar-refractivity contribution in [3.63, 3.8) is 0 Å². The van der Waals surface area contributed by atoms with Gasteiger partial charge in [-0.15, -0.1) is 0 Å². The van der Waals surface area contributed by atoms with Crippen molar-refractivity contribution in [2.24, 2.45) is 0 Å². The van der Waals surface area contributed by atoms with Crippen LogP contribution in [-0.2, 0) is 0 Å². The van der Waals surface area contributed by atoms with E-state index in [9.17, 15) is 9.18 Å². The van der Waals surface area contributed by atoms with Crippen LogP contribution in [0.2, 0.25) is 5.02 Å². The molecule has 1 fully saturated rings. The van der Waals surface area contributed by atoms with E-state index in [0.717, 1.165) is 18.8 Å². The number of benzene rings is 2. The van der Waals surface area contributed by atoms with Gasteiger partial charge in [0.1, 0.15) is 18.2 Å². The van der Waals surface area contributed by atoms with Crippen LogP contribution in [0.3, 0.4) is 0 Å². The van der Waals surface area contributed by atoms with Crippen LogP contribution in [0, 0.1) is 5.82 Å². The number of nitrogens with one attached hydrogen (secondary N) is 1. The maximum atomic E-state index is 13.0. The zero-order valence-corrected chi connectivity index (χ0v) is 15.1. The third kappa shape index (κ3) is 4.79. The van der Waals surface area contributed by atoms with E-state index in [-0.39, 0.29) is 11.8 Å². The summed E-state index contributed by atoms with van der Waals surface area (Å²) in [4.78, 5) is 16.1. The minimum Gasteiger partial charge on any atom is -0.490 e. The van der Waals surface area contributed by atoms with Crippen LogP contribution in [0.25, 0.3) is 0 Å². The van der Waals surface area contributed by atoms with E-state index in [1.807, 2.05) is 12.1 Å². The molecule has 26 heavy (non-hydrogen) atoms. The molecule has 0 atom stereocenters. The lowest BCUT2D eigenvalue weighted by molar-refractivity contribution is 0.191. The summed E-state index contributed by atoms with van der Waals surface area (Å²) >= 11 is 6.01. The first-order chi connectivity index (χ1) is 12.6. The summed E-state index contributed by atoms with van der Waals surface area (Å²) in [5.41, 5.74) is 0.972. The van der Waals surface area contributed by atoms with E-state index < -0.39 is 0 Å². The quantitative estimate of drug-likeness (QED) is 0.812. The highest BCUT2D eigenvalue weighted by Crippen LogP contribution is 2.22. The molecule has 1 aliphatic heterocycles. The number of halogens is 2. The Morgan fingerprint density at radius 1 is 1.08 bits per heavy atom. The maximum Gasteiger partial charge on any atom is 0.317 e. The Balaban J connectivity index is 1.38. The van der Waals surface area contributed by atoms with Crippen molar-refractivity contribution in [1.82, 2.24) is 10.2 Å². The number of carbonyl (C=O) groups excluding carboxylic acids is 1. The van der Waals surface area contributed by atoms with Gasteiger partial charge in [0.15, 0.2) is 0 Å². The van der Waals surface area contributed by atoms with E-state index in [1.165, 1.54) is 12.1 Å². The molecule has 0 radical (unpaired) electrons. The number of piperazine rings is 1. The van der Waals surface area contributed by atoms with Gasteiger partial charge in [-0.05, 0) is 36.4 Å². The van der Waals surface area contributed by atoms with Gasteiger partial charge in [-0.1, -0.05) is 23.7 Å². The molecule has 0 bridgehead atoms. The van der Waals surface area contributed by atoms with Crippen LogP contribution >= 0.6 is 11.6 Å². The van der Waals surface area contributed by atoms with Crippen LogP contribution in [-0.4, -0.2) is 50.3 Å². The molecular weight excluding hydrogens is 357 g/mol. The Bertz CT molecular complexity index is 734. The molecule has 1 saturated heterocycles. The average Bonchev–Trinajstić information content (AvgIpc) is 2.67. The average molecular weight is 378 g/mol. The molecule has 0 spiro atoms. The number of rotatable bonds is 5. The Hall–Kier alpha value is -2.47. The number of para-hydroxylation sites is 1. The van der Waals surface area contributed by atoms with Crippen molar-refractivity contribution in [3.05, 3.63) is 59.4 Å². The van der Waals surface area contributed by atoms with Crippen LogP contribution < -0.4 is 15.0 Å². The lowest BCUT2D eigenvalue weighted by Gasteiger charge is -2.36. The van der Waals surface area contributed by atoms with Crippen molar-refractivity contribution in [2.45, 2.75) is 0 Å². The molecule has 2 aromatic rings. The first-order valence-electron chi connectivity index (χ1n) is 8.54. The summed E-state index contributed by atoms with van der Waals surface area (Å²) in [6.07, 6.45) is 0. The topological polar surface area (TPSA) is 44.8 Å². The number of ether oxygens (including phenoxy) is 1. The molecule has 3 rings (SSSR count). The standard InChI is InChI=1S/C19H21ClFN3O2/c20-17-3-1-2-4-18(17)26-14-9-22-19(25)24-12-10-23(11-13-24)16-7-5-15(21)6-8-16/h1-8H,9-14H2,(H,22,25). The molecule has 1 heterocycles. The molecule has 1 aliphatic rings. The maximum absolute atomic E-state index is 13.0. The molecule has 1 N–H and O–H groups in total. The molecule has 0 saturated carbocycles. The van der Waals surface area contributed by atoms with E-state index in [2.05, 4.69) is 10.2 Å². The third-order valence-corrected chi connectivity index (χ3v) is 4.54. The smallest absolute Gasteiger partial charge is 0.317 e. The van der Waals surface area contributed by atoms with Crippen molar-refractivity contribution in [1.29, 1.82) is 0 Å². The predicted octanol–water partition coefficient (Wildman–Crippen LogP) is 3.39. The lowest BCUT2D eigenvalue weighted by atomic mass is 10.2. The van der Waals surface area contributed by atoms with Gasteiger partial charge < -0.3 is 19.9 Å². The highest BCUT2D eigenvalue weighted by Gasteiger charge is 2.21. The molecule has 7 heteroatoms. The van der Waals surface area contributed by atoms with Crippen LogP contribution in [0.4, 0.5) is 14.9 Å². The van der Waals surface area contributed by atoms with Gasteiger partial charge in [0.2, 0.25) is 0 Å². The summed E-state index contributed by atoms with van der Waals surface area (Å²) in [6, 6.07) is 13.6. The third-order valence-electron chi connectivity index (χ3n) is 4.23. The van der Waals surface area contributed by atoms with E-state index in [4.69, 9.17) is 16.3 Å². The van der Waals surface area contributed by atoms with Gasteiger partial charge in [-0.25, -0.2) is 9.18 Å². The summed E-state index contributed by atoms with van der Waals surface area (Å²) in [7, 11) is 0. The van der Waals surface area contributed by atoms with Crippen LogP contribution in [0.5, 0.6) is 5.75 Å². The van der Waals surface area contributed by atoms with Crippen molar-refractivity contribution in [3.8, 4) is 5.75 Å². The predicted molar refractivity (Wildman–Crippen MR) is 101 cm³/mol. The number of hydrogen-bond donors (Lipinski definition) is 1. The Morgan fingerprint density at radius 3 is 2.46 bits per heavy atom. The second kappa shape index (κ2) is 8.76. The Kier molecular flexibility index (Phi) is 6.17. The zero-order chi connectivity index (χ0) is 18.4. The number of anilines is 1. The number of carbonyl (C=O) groups is 1. The fourth-order valence-corrected chi connectivity index (χ4v) is 3.00. The van der Waals surface area contributed by atoms with Gasteiger partial charge in [0.05, 0.1) is 11.6 Å². The fraction of sp³-hybridized carbons (Fsp3) is 0.316. The van der Waals surface area contributed by atoms with Crippen LogP contribution in [0.1, 0.15) is 0 Å². The molecule has 2 aromatic carbocycles. The van der Waals surface area contributed by atoms with Gasteiger partial charge in [0, 0.05) is 31.9 Å². The molecule has 2 amide bonds. The molecule has 0 unspecified atom stereocenters. The number of amides is 2. The van der Waals surface area contributed by atoms with E-state index in [0.29, 0.717) is 37.0 Å². The molecule has 5 nitrogen and oxygen atoms in total. The van der Waals surface area contributed by atoms with Gasteiger partial charge in [-0.3, -0.25) is 0 Å². The number of nitrogens with zero attached hydrogens (tertiary/aromatic N) is 2. The van der Waals surface area contributed by atoms with Gasteiger partial charge in [-0.2, -0.15) is 0 Å². The summed E-state index contributed by atoms with van der Waals surface area (Å²) in [5, 5.41) is 3.41. The normalized spacial score (nSPS) is 14.2. The lowest BCUT2D eigenvalue weighted by Crippen LogP contribution is -2.52. The minimum absolute atomic E-state index is 0.105.